The first-order valence-electron chi connectivity index (χ1n) is 9.73. The second-order valence-corrected chi connectivity index (χ2v) is 13.3. The fourth-order valence-corrected chi connectivity index (χ4v) is 10.9. The molecular weight excluding hydrogens is 336 g/mol. The van der Waals surface area contributed by atoms with E-state index in [1.54, 1.807) is 0 Å². The zero-order valence-electron chi connectivity index (χ0n) is 16.6. The van der Waals surface area contributed by atoms with Crippen LogP contribution in [0, 0.1) is 5.92 Å². The molecule has 0 spiro atoms. The molecular formula is C23H32O2Si. The SMILES string of the molecule is C[C@H]1[C@H](C)O[Si@](c2ccccc2)(C(C)(C)C)[C@H]1C[C@H](O)c1ccccc1. The number of hydrogen-bond donors (Lipinski definition) is 1. The van der Waals surface area contributed by atoms with Gasteiger partial charge in [0.15, 0.2) is 0 Å². The van der Waals surface area contributed by atoms with Crippen molar-refractivity contribution < 1.29 is 9.53 Å². The Labute approximate surface area is 159 Å². The van der Waals surface area contributed by atoms with Gasteiger partial charge < -0.3 is 9.53 Å². The molecule has 0 aliphatic carbocycles. The minimum absolute atomic E-state index is 0.0500. The predicted molar refractivity (Wildman–Crippen MR) is 111 cm³/mol. The van der Waals surface area contributed by atoms with E-state index >= 15 is 0 Å². The summed E-state index contributed by atoms with van der Waals surface area (Å²) in [6.45, 7) is 11.5. The Balaban J connectivity index is 2.04. The van der Waals surface area contributed by atoms with Crippen molar-refractivity contribution in [3.8, 4) is 0 Å². The van der Waals surface area contributed by atoms with Gasteiger partial charge in [-0.25, -0.2) is 0 Å². The third-order valence-corrected chi connectivity index (χ3v) is 12.2. The topological polar surface area (TPSA) is 29.5 Å². The molecule has 0 aromatic heterocycles. The number of benzene rings is 2. The fraction of sp³-hybridized carbons (Fsp3) is 0.478. The van der Waals surface area contributed by atoms with Gasteiger partial charge in [0.05, 0.1) is 6.10 Å². The number of rotatable bonds is 4. The Hall–Kier alpha value is -1.42. The van der Waals surface area contributed by atoms with Crippen LogP contribution < -0.4 is 5.19 Å². The van der Waals surface area contributed by atoms with Gasteiger partial charge in [-0.05, 0) is 40.6 Å². The van der Waals surface area contributed by atoms with Crippen molar-refractivity contribution in [3.63, 3.8) is 0 Å². The van der Waals surface area contributed by atoms with Crippen LogP contribution in [0.5, 0.6) is 0 Å². The average Bonchev–Trinajstić information content (AvgIpc) is 2.89. The van der Waals surface area contributed by atoms with Gasteiger partial charge in [0.25, 0.3) is 0 Å². The molecule has 26 heavy (non-hydrogen) atoms. The van der Waals surface area contributed by atoms with Crippen LogP contribution in [0.15, 0.2) is 60.7 Å². The van der Waals surface area contributed by atoms with Crippen LogP contribution in [-0.2, 0) is 4.43 Å². The van der Waals surface area contributed by atoms with Gasteiger partial charge in [0.2, 0.25) is 8.32 Å². The van der Waals surface area contributed by atoms with Crippen molar-refractivity contribution in [3.05, 3.63) is 66.2 Å². The smallest absolute Gasteiger partial charge is 0.233 e. The summed E-state index contributed by atoms with van der Waals surface area (Å²) >= 11 is 0. The normalized spacial score (nSPS) is 30.3. The van der Waals surface area contributed by atoms with Gasteiger partial charge in [0, 0.05) is 6.10 Å². The van der Waals surface area contributed by atoms with E-state index in [2.05, 4.69) is 65.0 Å². The largest absolute Gasteiger partial charge is 0.409 e. The van der Waals surface area contributed by atoms with Gasteiger partial charge >= 0.3 is 0 Å². The Morgan fingerprint density at radius 3 is 2.04 bits per heavy atom. The minimum Gasteiger partial charge on any atom is -0.409 e. The zero-order chi connectivity index (χ0) is 18.9. The van der Waals surface area contributed by atoms with E-state index in [4.69, 9.17) is 4.43 Å². The van der Waals surface area contributed by atoms with Crippen molar-refractivity contribution in [1.82, 2.24) is 0 Å². The van der Waals surface area contributed by atoms with E-state index in [9.17, 15) is 5.11 Å². The van der Waals surface area contributed by atoms with Gasteiger partial charge in [0.1, 0.15) is 0 Å². The molecule has 3 rings (SSSR count). The van der Waals surface area contributed by atoms with Gasteiger partial charge in [-0.2, -0.15) is 0 Å². The molecule has 0 saturated carbocycles. The van der Waals surface area contributed by atoms with Crippen LogP contribution in [0.3, 0.4) is 0 Å². The van der Waals surface area contributed by atoms with Crippen molar-refractivity contribution in [2.75, 3.05) is 0 Å². The summed E-state index contributed by atoms with van der Waals surface area (Å²) in [6.07, 6.45) is 0.526. The molecule has 140 valence electrons. The van der Waals surface area contributed by atoms with E-state index in [0.717, 1.165) is 12.0 Å². The monoisotopic (exact) mass is 368 g/mol. The molecule has 1 fully saturated rings. The quantitative estimate of drug-likeness (QED) is 0.753. The lowest BCUT2D eigenvalue weighted by Gasteiger charge is -2.44. The lowest BCUT2D eigenvalue weighted by atomic mass is 9.95. The van der Waals surface area contributed by atoms with Crippen LogP contribution in [0.4, 0.5) is 0 Å². The molecule has 2 aromatic rings. The summed E-state index contributed by atoms with van der Waals surface area (Å²) in [5.41, 5.74) is 1.37. The Bertz CT molecular complexity index is 710. The summed E-state index contributed by atoms with van der Waals surface area (Å²) in [5, 5.41) is 12.4. The maximum atomic E-state index is 11.0. The summed E-state index contributed by atoms with van der Waals surface area (Å²) < 4.78 is 6.89. The fourth-order valence-electron chi connectivity index (χ4n) is 4.75. The third-order valence-electron chi connectivity index (χ3n) is 6.25. The predicted octanol–water partition coefficient (Wildman–Crippen LogP) is 5.19. The molecule has 0 bridgehead atoms. The molecule has 3 heteroatoms. The zero-order valence-corrected chi connectivity index (χ0v) is 17.6. The second kappa shape index (κ2) is 7.30. The summed E-state index contributed by atoms with van der Waals surface area (Å²) in [6, 6.07) is 20.8. The summed E-state index contributed by atoms with van der Waals surface area (Å²) in [4.78, 5) is 0. The van der Waals surface area contributed by atoms with Crippen molar-refractivity contribution in [2.24, 2.45) is 5.92 Å². The highest BCUT2D eigenvalue weighted by atomic mass is 28.4. The van der Waals surface area contributed by atoms with Gasteiger partial charge in [-0.15, -0.1) is 0 Å². The van der Waals surface area contributed by atoms with Crippen LogP contribution >= 0.6 is 0 Å². The van der Waals surface area contributed by atoms with Crippen molar-refractivity contribution >= 4 is 13.5 Å². The molecule has 0 amide bonds. The molecule has 1 N–H and O–H groups in total. The third kappa shape index (κ3) is 3.28. The van der Waals surface area contributed by atoms with E-state index in [1.807, 2.05) is 30.3 Å². The second-order valence-electron chi connectivity index (χ2n) is 8.80. The van der Waals surface area contributed by atoms with Crippen LogP contribution in [0.25, 0.3) is 0 Å². The van der Waals surface area contributed by atoms with Gasteiger partial charge in [-0.1, -0.05) is 88.4 Å². The van der Waals surface area contributed by atoms with Gasteiger partial charge in [-0.3, -0.25) is 0 Å². The van der Waals surface area contributed by atoms with Crippen molar-refractivity contribution in [1.29, 1.82) is 0 Å². The van der Waals surface area contributed by atoms with Crippen LogP contribution in [-0.4, -0.2) is 19.5 Å². The molecule has 1 heterocycles. The number of hydrogen-bond acceptors (Lipinski definition) is 2. The molecule has 0 unspecified atom stereocenters. The maximum Gasteiger partial charge on any atom is 0.233 e. The molecule has 1 aliphatic heterocycles. The Morgan fingerprint density at radius 1 is 0.962 bits per heavy atom. The highest BCUT2D eigenvalue weighted by Crippen LogP contribution is 2.56. The molecule has 2 aromatic carbocycles. The van der Waals surface area contributed by atoms with E-state index in [1.165, 1.54) is 5.19 Å². The number of aliphatic hydroxyl groups excluding tert-OH is 1. The standard InChI is InChI=1S/C23H32O2Si/c1-17-18(2)25-26(23(3,4)5,20-14-10-7-11-15-20)22(17)16-21(24)19-12-8-6-9-13-19/h6-15,17-18,21-22,24H,16H2,1-5H3/t17-,18-,21-,22-,26-/m0/s1. The van der Waals surface area contributed by atoms with E-state index in [-0.39, 0.29) is 11.1 Å². The Kier molecular flexibility index (Phi) is 5.43. The Morgan fingerprint density at radius 2 is 1.50 bits per heavy atom. The highest BCUT2D eigenvalue weighted by Gasteiger charge is 2.61. The maximum absolute atomic E-state index is 11.0. The van der Waals surface area contributed by atoms with Crippen LogP contribution in [0.2, 0.25) is 10.6 Å². The first kappa shape index (κ1) is 19.3. The van der Waals surface area contributed by atoms with Crippen LogP contribution in [0.1, 0.15) is 52.7 Å². The van der Waals surface area contributed by atoms with Crippen molar-refractivity contribution in [2.45, 2.75) is 63.8 Å². The molecule has 0 radical (unpaired) electrons. The van der Waals surface area contributed by atoms with E-state index in [0.29, 0.717) is 11.5 Å². The molecule has 1 aliphatic rings. The first-order chi connectivity index (χ1) is 12.3. The first-order valence-corrected chi connectivity index (χ1v) is 11.7. The lowest BCUT2D eigenvalue weighted by Crippen LogP contribution is -2.58. The molecule has 1 saturated heterocycles. The minimum atomic E-state index is -2.32. The lowest BCUT2D eigenvalue weighted by molar-refractivity contribution is 0.152. The number of aliphatic hydroxyl groups is 1. The van der Waals surface area contributed by atoms with E-state index < -0.39 is 14.4 Å². The highest BCUT2D eigenvalue weighted by molar-refractivity contribution is 6.90. The molecule has 5 atom stereocenters. The summed E-state index contributed by atoms with van der Waals surface area (Å²) in [5.74, 6) is 0.430. The summed E-state index contributed by atoms with van der Waals surface area (Å²) in [7, 11) is -2.32. The molecule has 2 nitrogen and oxygen atoms in total. The average molecular weight is 369 g/mol.